The van der Waals surface area contributed by atoms with Crippen molar-refractivity contribution in [2.75, 3.05) is 10.6 Å². The standard InChI is InChI=1S/C12H13N3OS/c1-2-9-4-3-5-10(8-9)14-11(16)15-12-13-6-7-17-12/h3-8H,2H2,1H3,(H2,13,14,15,16). The lowest BCUT2D eigenvalue weighted by molar-refractivity contribution is 0.262. The number of nitrogens with zero attached hydrogens (tertiary/aromatic N) is 1. The van der Waals surface area contributed by atoms with Gasteiger partial charge in [-0.05, 0) is 24.1 Å². The van der Waals surface area contributed by atoms with Gasteiger partial charge in [0, 0.05) is 17.3 Å². The lowest BCUT2D eigenvalue weighted by atomic mass is 10.1. The molecule has 0 saturated heterocycles. The molecule has 88 valence electrons. The maximum Gasteiger partial charge on any atom is 0.325 e. The van der Waals surface area contributed by atoms with Gasteiger partial charge in [0.15, 0.2) is 5.13 Å². The number of urea groups is 1. The molecule has 0 saturated carbocycles. The maximum absolute atomic E-state index is 11.6. The van der Waals surface area contributed by atoms with E-state index in [-0.39, 0.29) is 6.03 Å². The number of aryl methyl sites for hydroxylation is 1. The zero-order valence-corrected chi connectivity index (χ0v) is 10.3. The van der Waals surface area contributed by atoms with Crippen molar-refractivity contribution in [1.82, 2.24) is 4.98 Å². The second-order valence-corrected chi connectivity index (χ2v) is 4.36. The minimum atomic E-state index is -0.270. The van der Waals surface area contributed by atoms with Gasteiger partial charge in [0.2, 0.25) is 0 Å². The number of aromatic nitrogens is 1. The Kier molecular flexibility index (Phi) is 3.72. The fourth-order valence-corrected chi connectivity index (χ4v) is 1.94. The Morgan fingerprint density at radius 1 is 1.41 bits per heavy atom. The number of hydrogen-bond donors (Lipinski definition) is 2. The summed E-state index contributed by atoms with van der Waals surface area (Å²) < 4.78 is 0. The second-order valence-electron chi connectivity index (χ2n) is 3.47. The molecular formula is C12H13N3OS. The van der Waals surface area contributed by atoms with Crippen LogP contribution in [0.4, 0.5) is 15.6 Å². The monoisotopic (exact) mass is 247 g/mol. The first-order chi connectivity index (χ1) is 8.28. The lowest BCUT2D eigenvalue weighted by Gasteiger charge is -2.06. The van der Waals surface area contributed by atoms with Gasteiger partial charge in [0.05, 0.1) is 0 Å². The molecule has 0 aliphatic carbocycles. The van der Waals surface area contributed by atoms with Crippen LogP contribution in [-0.2, 0) is 6.42 Å². The minimum Gasteiger partial charge on any atom is -0.308 e. The summed E-state index contributed by atoms with van der Waals surface area (Å²) in [6, 6.07) is 7.51. The molecule has 17 heavy (non-hydrogen) atoms. The Morgan fingerprint density at radius 2 is 2.29 bits per heavy atom. The molecule has 0 radical (unpaired) electrons. The summed E-state index contributed by atoms with van der Waals surface area (Å²) in [6.07, 6.45) is 2.60. The number of benzene rings is 1. The van der Waals surface area contributed by atoms with Crippen LogP contribution in [0.25, 0.3) is 0 Å². The molecule has 2 rings (SSSR count). The molecule has 4 nitrogen and oxygen atoms in total. The van der Waals surface area contributed by atoms with Gasteiger partial charge in [-0.25, -0.2) is 9.78 Å². The van der Waals surface area contributed by atoms with E-state index >= 15 is 0 Å². The number of rotatable bonds is 3. The molecule has 0 spiro atoms. The van der Waals surface area contributed by atoms with E-state index < -0.39 is 0 Å². The normalized spacial score (nSPS) is 9.94. The van der Waals surface area contributed by atoms with Gasteiger partial charge in [-0.3, -0.25) is 5.32 Å². The van der Waals surface area contributed by atoms with E-state index in [1.54, 1.807) is 6.20 Å². The average molecular weight is 247 g/mol. The van der Waals surface area contributed by atoms with Crippen LogP contribution in [0.5, 0.6) is 0 Å². The molecule has 0 unspecified atom stereocenters. The van der Waals surface area contributed by atoms with E-state index in [4.69, 9.17) is 0 Å². The summed E-state index contributed by atoms with van der Waals surface area (Å²) in [6.45, 7) is 2.08. The van der Waals surface area contributed by atoms with Crippen molar-refractivity contribution in [3.05, 3.63) is 41.4 Å². The van der Waals surface area contributed by atoms with Crippen molar-refractivity contribution < 1.29 is 4.79 Å². The number of anilines is 2. The van der Waals surface area contributed by atoms with E-state index in [1.165, 1.54) is 16.9 Å². The topological polar surface area (TPSA) is 54.0 Å². The summed E-state index contributed by atoms with van der Waals surface area (Å²) in [5, 5.41) is 7.84. The van der Waals surface area contributed by atoms with Crippen LogP contribution in [0.15, 0.2) is 35.8 Å². The Bertz CT molecular complexity index is 496. The third-order valence-corrected chi connectivity index (χ3v) is 2.93. The van der Waals surface area contributed by atoms with E-state index in [9.17, 15) is 4.79 Å². The van der Waals surface area contributed by atoms with Crippen molar-refractivity contribution in [2.24, 2.45) is 0 Å². The van der Waals surface area contributed by atoms with Crippen LogP contribution in [0, 0.1) is 0 Å². The fraction of sp³-hybridized carbons (Fsp3) is 0.167. The van der Waals surface area contributed by atoms with Gasteiger partial charge in [-0.15, -0.1) is 11.3 Å². The summed E-state index contributed by atoms with van der Waals surface area (Å²) in [5.41, 5.74) is 1.98. The number of thiazole rings is 1. The molecule has 2 aromatic rings. The lowest BCUT2D eigenvalue weighted by Crippen LogP contribution is -2.19. The van der Waals surface area contributed by atoms with Gasteiger partial charge >= 0.3 is 6.03 Å². The Balaban J connectivity index is 1.98. The number of hydrogen-bond acceptors (Lipinski definition) is 3. The largest absolute Gasteiger partial charge is 0.325 e. The van der Waals surface area contributed by atoms with Gasteiger partial charge < -0.3 is 5.32 Å². The Hall–Kier alpha value is -1.88. The molecule has 2 N–H and O–H groups in total. The number of carbonyl (C=O) groups is 1. The van der Waals surface area contributed by atoms with E-state index in [0.717, 1.165) is 12.1 Å². The first-order valence-corrected chi connectivity index (χ1v) is 6.22. The van der Waals surface area contributed by atoms with Crippen molar-refractivity contribution in [3.63, 3.8) is 0 Å². The average Bonchev–Trinajstić information content (AvgIpc) is 2.82. The molecule has 5 heteroatoms. The van der Waals surface area contributed by atoms with Gasteiger partial charge in [0.25, 0.3) is 0 Å². The summed E-state index contributed by atoms with van der Waals surface area (Å²) in [4.78, 5) is 15.6. The van der Waals surface area contributed by atoms with Crippen LogP contribution < -0.4 is 10.6 Å². The summed E-state index contributed by atoms with van der Waals surface area (Å²) in [5.74, 6) is 0. The van der Waals surface area contributed by atoms with Crippen LogP contribution in [0.1, 0.15) is 12.5 Å². The second kappa shape index (κ2) is 5.45. The third kappa shape index (κ3) is 3.29. The SMILES string of the molecule is CCc1cccc(NC(=O)Nc2nccs2)c1. The highest BCUT2D eigenvalue weighted by atomic mass is 32.1. The van der Waals surface area contributed by atoms with Crippen LogP contribution in [-0.4, -0.2) is 11.0 Å². The first-order valence-electron chi connectivity index (χ1n) is 5.34. The molecule has 1 aromatic heterocycles. The molecule has 0 aliphatic heterocycles. The van der Waals surface area contributed by atoms with Crippen LogP contribution in [0.3, 0.4) is 0 Å². The van der Waals surface area contributed by atoms with Gasteiger partial charge in [-0.1, -0.05) is 19.1 Å². The molecule has 0 aliphatic rings. The Labute approximate surface area is 104 Å². The predicted octanol–water partition coefficient (Wildman–Crippen LogP) is 3.35. The van der Waals surface area contributed by atoms with E-state index in [0.29, 0.717) is 5.13 Å². The summed E-state index contributed by atoms with van der Waals surface area (Å²) >= 11 is 1.39. The highest BCUT2D eigenvalue weighted by Crippen LogP contribution is 2.13. The van der Waals surface area contributed by atoms with Gasteiger partial charge in [0.1, 0.15) is 0 Å². The number of amides is 2. The molecular weight excluding hydrogens is 234 g/mol. The van der Waals surface area contributed by atoms with Crippen molar-refractivity contribution in [2.45, 2.75) is 13.3 Å². The summed E-state index contributed by atoms with van der Waals surface area (Å²) in [7, 11) is 0. The third-order valence-electron chi connectivity index (χ3n) is 2.25. The van der Waals surface area contributed by atoms with Crippen molar-refractivity contribution >= 4 is 28.2 Å². The maximum atomic E-state index is 11.6. The molecule has 2 amide bonds. The molecule has 0 bridgehead atoms. The van der Waals surface area contributed by atoms with Crippen LogP contribution in [0.2, 0.25) is 0 Å². The molecule has 0 fully saturated rings. The predicted molar refractivity (Wildman–Crippen MR) is 70.6 cm³/mol. The van der Waals surface area contributed by atoms with Crippen molar-refractivity contribution in [1.29, 1.82) is 0 Å². The zero-order chi connectivity index (χ0) is 12.1. The van der Waals surface area contributed by atoms with Gasteiger partial charge in [-0.2, -0.15) is 0 Å². The van der Waals surface area contributed by atoms with Crippen molar-refractivity contribution in [3.8, 4) is 0 Å². The van der Waals surface area contributed by atoms with E-state index in [1.807, 2.05) is 29.6 Å². The van der Waals surface area contributed by atoms with E-state index in [2.05, 4.69) is 22.5 Å². The zero-order valence-electron chi connectivity index (χ0n) is 9.43. The molecule has 0 atom stereocenters. The highest BCUT2D eigenvalue weighted by Gasteiger charge is 2.04. The first kappa shape index (κ1) is 11.6. The highest BCUT2D eigenvalue weighted by molar-refractivity contribution is 7.13. The smallest absolute Gasteiger partial charge is 0.308 e. The fourth-order valence-electron chi connectivity index (χ4n) is 1.41. The van der Waals surface area contributed by atoms with Crippen LogP contribution >= 0.6 is 11.3 Å². The number of nitrogens with one attached hydrogen (secondary N) is 2. The molecule has 1 aromatic carbocycles. The molecule has 1 heterocycles. The minimum absolute atomic E-state index is 0.270. The Morgan fingerprint density at radius 3 is 3.00 bits per heavy atom. The number of carbonyl (C=O) groups excluding carboxylic acids is 1. The quantitative estimate of drug-likeness (QED) is 0.873.